The van der Waals surface area contributed by atoms with E-state index >= 15 is 0 Å². The van der Waals surface area contributed by atoms with E-state index in [1.54, 1.807) is 0 Å². The first kappa shape index (κ1) is 14.8. The number of carboxylic acids is 2. The van der Waals surface area contributed by atoms with Gasteiger partial charge in [-0.25, -0.2) is 0 Å². The number of anilines is 1. The van der Waals surface area contributed by atoms with E-state index in [1.165, 1.54) is 18.2 Å². The number of carboxylic acid groups (broad SMARTS) is 2. The first-order valence-corrected chi connectivity index (χ1v) is 5.46. The fourth-order valence-electron chi connectivity index (χ4n) is 1.44. The molecule has 1 aromatic rings. The van der Waals surface area contributed by atoms with Gasteiger partial charge in [0.25, 0.3) is 5.91 Å². The molecule has 0 heterocycles. The average molecular weight is 287 g/mol. The number of carbonyl (C=O) groups is 3. The minimum absolute atomic E-state index is 0.0347. The van der Waals surface area contributed by atoms with E-state index in [0.717, 1.165) is 0 Å². The van der Waals surface area contributed by atoms with Gasteiger partial charge in [0.05, 0.1) is 0 Å². The lowest BCUT2D eigenvalue weighted by Gasteiger charge is -2.18. The first-order valence-electron chi connectivity index (χ1n) is 5.08. The molecule has 1 amide bonds. The number of amides is 1. The van der Waals surface area contributed by atoms with Gasteiger partial charge in [0.2, 0.25) is 0 Å². The predicted molar refractivity (Wildman–Crippen MR) is 67.0 cm³/mol. The molecule has 102 valence electrons. The monoisotopic (exact) mass is 286 g/mol. The number of nitrogens with two attached hydrogens (primary N) is 1. The molecule has 0 bridgehead atoms. The van der Waals surface area contributed by atoms with Gasteiger partial charge in [0.15, 0.2) is 0 Å². The molecule has 19 heavy (non-hydrogen) atoms. The molecule has 0 spiro atoms. The molecule has 0 saturated carbocycles. The van der Waals surface area contributed by atoms with Crippen LogP contribution in [0.25, 0.3) is 0 Å². The molecular weight excluding hydrogens is 276 g/mol. The van der Waals surface area contributed by atoms with Crippen LogP contribution in [0.15, 0.2) is 18.2 Å². The van der Waals surface area contributed by atoms with E-state index in [4.69, 9.17) is 27.5 Å². The SMILES string of the molecule is Nc1cc(Cl)cc(C(=O)N(CC(=O)O)CC(=O)O)c1. The van der Waals surface area contributed by atoms with E-state index in [2.05, 4.69) is 0 Å². The van der Waals surface area contributed by atoms with Gasteiger partial charge in [-0.3, -0.25) is 14.4 Å². The molecule has 0 aliphatic rings. The minimum Gasteiger partial charge on any atom is -0.480 e. The number of halogens is 1. The summed E-state index contributed by atoms with van der Waals surface area (Å²) in [6.45, 7) is -1.45. The van der Waals surface area contributed by atoms with Crippen molar-refractivity contribution in [1.82, 2.24) is 4.90 Å². The zero-order valence-corrected chi connectivity index (χ0v) is 10.4. The smallest absolute Gasteiger partial charge is 0.323 e. The van der Waals surface area contributed by atoms with E-state index in [-0.39, 0.29) is 16.3 Å². The summed E-state index contributed by atoms with van der Waals surface area (Å²) in [6.07, 6.45) is 0. The number of carbonyl (C=O) groups excluding carboxylic acids is 1. The molecule has 4 N–H and O–H groups in total. The number of rotatable bonds is 5. The largest absolute Gasteiger partial charge is 0.480 e. The predicted octanol–water partition coefficient (Wildman–Crippen LogP) is 0.534. The lowest BCUT2D eigenvalue weighted by Crippen LogP contribution is -2.39. The second-order valence-electron chi connectivity index (χ2n) is 3.72. The van der Waals surface area contributed by atoms with Gasteiger partial charge >= 0.3 is 11.9 Å². The third-order valence-electron chi connectivity index (χ3n) is 2.11. The number of nitrogen functional groups attached to an aromatic ring is 1. The van der Waals surface area contributed by atoms with E-state index in [9.17, 15) is 14.4 Å². The third-order valence-corrected chi connectivity index (χ3v) is 2.32. The summed E-state index contributed by atoms with van der Waals surface area (Å²) < 4.78 is 0. The van der Waals surface area contributed by atoms with Crippen LogP contribution >= 0.6 is 11.6 Å². The van der Waals surface area contributed by atoms with Crippen molar-refractivity contribution in [3.05, 3.63) is 28.8 Å². The normalized spacial score (nSPS) is 9.95. The molecule has 7 nitrogen and oxygen atoms in total. The molecule has 0 radical (unpaired) electrons. The third kappa shape index (κ3) is 4.47. The second-order valence-corrected chi connectivity index (χ2v) is 4.16. The van der Waals surface area contributed by atoms with Crippen LogP contribution in [0, 0.1) is 0 Å². The molecule has 0 aliphatic carbocycles. The fourth-order valence-corrected chi connectivity index (χ4v) is 1.69. The van der Waals surface area contributed by atoms with Crippen molar-refractivity contribution in [2.45, 2.75) is 0 Å². The Hall–Kier alpha value is -2.28. The van der Waals surface area contributed by atoms with Crippen molar-refractivity contribution >= 4 is 35.1 Å². The van der Waals surface area contributed by atoms with Crippen LogP contribution in [0.4, 0.5) is 5.69 Å². The van der Waals surface area contributed by atoms with Crippen LogP contribution in [-0.2, 0) is 9.59 Å². The van der Waals surface area contributed by atoms with E-state index in [1.807, 2.05) is 0 Å². The molecule has 0 aromatic heterocycles. The van der Waals surface area contributed by atoms with Crippen LogP contribution in [0.5, 0.6) is 0 Å². The Morgan fingerprint density at radius 2 is 1.63 bits per heavy atom. The summed E-state index contributed by atoms with van der Waals surface area (Å²) in [4.78, 5) is 33.9. The molecule has 8 heteroatoms. The zero-order valence-electron chi connectivity index (χ0n) is 9.67. The highest BCUT2D eigenvalue weighted by molar-refractivity contribution is 6.31. The summed E-state index contributed by atoms with van der Waals surface area (Å²) in [6, 6.07) is 4.00. The topological polar surface area (TPSA) is 121 Å². The van der Waals surface area contributed by atoms with Gasteiger partial charge < -0.3 is 20.8 Å². The summed E-state index contributed by atoms with van der Waals surface area (Å²) in [7, 11) is 0. The Morgan fingerprint density at radius 1 is 1.11 bits per heavy atom. The number of aliphatic carboxylic acids is 2. The maximum absolute atomic E-state index is 12.0. The van der Waals surface area contributed by atoms with E-state index < -0.39 is 30.9 Å². The Bertz CT molecular complexity index is 496. The number of benzene rings is 1. The molecule has 0 unspecified atom stereocenters. The molecule has 0 fully saturated rings. The Morgan fingerprint density at radius 3 is 2.05 bits per heavy atom. The van der Waals surface area contributed by atoms with Crippen LogP contribution in [0.3, 0.4) is 0 Å². The standard InChI is InChI=1S/C11H11ClN2O5/c12-7-1-6(2-8(13)3-7)11(19)14(4-9(15)16)5-10(17)18/h1-3H,4-5,13H2,(H,15,16)(H,17,18). The van der Waals surface area contributed by atoms with Crippen LogP contribution in [0.2, 0.25) is 5.02 Å². The Kier molecular flexibility index (Phi) is 4.71. The van der Waals surface area contributed by atoms with Crippen molar-refractivity contribution < 1.29 is 24.6 Å². The van der Waals surface area contributed by atoms with Gasteiger partial charge in [-0.1, -0.05) is 11.6 Å². The van der Waals surface area contributed by atoms with Gasteiger partial charge in [0, 0.05) is 16.3 Å². The van der Waals surface area contributed by atoms with Crippen molar-refractivity contribution in [3.63, 3.8) is 0 Å². The summed E-state index contributed by atoms with van der Waals surface area (Å²) in [5, 5.41) is 17.5. The van der Waals surface area contributed by atoms with Gasteiger partial charge in [-0.05, 0) is 18.2 Å². The number of hydrogen-bond acceptors (Lipinski definition) is 4. The van der Waals surface area contributed by atoms with Gasteiger partial charge in [-0.2, -0.15) is 0 Å². The van der Waals surface area contributed by atoms with Crippen molar-refractivity contribution in [2.24, 2.45) is 0 Å². The summed E-state index contributed by atoms with van der Waals surface area (Å²) in [5.41, 5.74) is 5.77. The highest BCUT2D eigenvalue weighted by Crippen LogP contribution is 2.18. The van der Waals surface area contributed by atoms with Crippen molar-refractivity contribution in [1.29, 1.82) is 0 Å². The number of nitrogens with zero attached hydrogens (tertiary/aromatic N) is 1. The lowest BCUT2D eigenvalue weighted by molar-refractivity contribution is -0.140. The Balaban J connectivity index is 3.03. The fraction of sp³-hybridized carbons (Fsp3) is 0.182. The van der Waals surface area contributed by atoms with Crippen molar-refractivity contribution in [2.75, 3.05) is 18.8 Å². The molecule has 0 aliphatic heterocycles. The Labute approximate surface area is 113 Å². The quantitative estimate of drug-likeness (QED) is 0.679. The lowest BCUT2D eigenvalue weighted by atomic mass is 10.1. The van der Waals surface area contributed by atoms with Gasteiger partial charge in [-0.15, -0.1) is 0 Å². The van der Waals surface area contributed by atoms with Crippen molar-refractivity contribution in [3.8, 4) is 0 Å². The van der Waals surface area contributed by atoms with Gasteiger partial charge in [0.1, 0.15) is 13.1 Å². The maximum atomic E-state index is 12.0. The molecule has 1 aromatic carbocycles. The maximum Gasteiger partial charge on any atom is 0.323 e. The van der Waals surface area contributed by atoms with Crippen LogP contribution in [-0.4, -0.2) is 46.0 Å². The van der Waals surface area contributed by atoms with E-state index in [0.29, 0.717) is 4.90 Å². The molecular formula is C11H11ClN2O5. The van der Waals surface area contributed by atoms with Crippen LogP contribution in [0.1, 0.15) is 10.4 Å². The molecule has 1 rings (SSSR count). The highest BCUT2D eigenvalue weighted by Gasteiger charge is 2.21. The summed E-state index contributed by atoms with van der Waals surface area (Å²) >= 11 is 5.73. The zero-order chi connectivity index (χ0) is 14.6. The average Bonchev–Trinajstić information content (AvgIpc) is 2.24. The number of hydrogen-bond donors (Lipinski definition) is 3. The summed E-state index contributed by atoms with van der Waals surface area (Å²) in [5.74, 6) is -3.40. The first-order chi connectivity index (χ1) is 8.79. The molecule has 0 atom stereocenters. The molecule has 0 saturated heterocycles. The minimum atomic E-state index is -1.32. The van der Waals surface area contributed by atoms with Crippen LogP contribution < -0.4 is 5.73 Å². The highest BCUT2D eigenvalue weighted by atomic mass is 35.5. The second kappa shape index (κ2) is 6.05.